The van der Waals surface area contributed by atoms with E-state index in [2.05, 4.69) is 72.6 Å². The average Bonchev–Trinajstić information content (AvgIpc) is 3.27. The van der Waals surface area contributed by atoms with Crippen LogP contribution in [0.5, 0.6) is 0 Å². The normalized spacial score (nSPS) is 11.2. The van der Waals surface area contributed by atoms with Crippen LogP contribution in [0.1, 0.15) is 23.1 Å². The second kappa shape index (κ2) is 7.22. The zero-order chi connectivity index (χ0) is 17.9. The van der Waals surface area contributed by atoms with Crippen LogP contribution in [0.2, 0.25) is 0 Å². The number of aromatic nitrogens is 4. The number of rotatable bonds is 5. The first kappa shape index (κ1) is 16.7. The molecule has 2 aromatic heterocycles. The second-order valence-corrected chi connectivity index (χ2v) is 7.28. The fourth-order valence-electron chi connectivity index (χ4n) is 3.04. The third-order valence-electron chi connectivity index (χ3n) is 4.37. The Hall–Kier alpha value is -2.79. The average molecular weight is 360 g/mol. The molecule has 0 spiro atoms. The van der Waals surface area contributed by atoms with Gasteiger partial charge in [-0.05, 0) is 44.2 Å². The first-order valence-electron chi connectivity index (χ1n) is 8.56. The van der Waals surface area contributed by atoms with Crippen LogP contribution in [0.25, 0.3) is 0 Å². The molecule has 4 rings (SSSR count). The first-order valence-corrected chi connectivity index (χ1v) is 9.38. The maximum atomic E-state index is 4.58. The smallest absolute Gasteiger partial charge is 0.170 e. The van der Waals surface area contributed by atoms with E-state index < -0.39 is 0 Å². The van der Waals surface area contributed by atoms with Gasteiger partial charge < -0.3 is 0 Å². The minimum Gasteiger partial charge on any atom is -0.241 e. The molecule has 0 saturated carbocycles. The van der Waals surface area contributed by atoms with Gasteiger partial charge in [0.25, 0.3) is 0 Å². The molecule has 2 heterocycles. The van der Waals surface area contributed by atoms with Crippen LogP contribution in [0.3, 0.4) is 0 Å². The Bertz CT molecular complexity index is 963. The third kappa shape index (κ3) is 3.18. The molecule has 0 radical (unpaired) electrons. The lowest BCUT2D eigenvalue weighted by Crippen LogP contribution is -2.24. The summed E-state index contributed by atoms with van der Waals surface area (Å²) >= 11 is 1.77. The Kier molecular flexibility index (Phi) is 4.63. The van der Waals surface area contributed by atoms with Crippen molar-refractivity contribution in [2.75, 3.05) is 0 Å². The van der Waals surface area contributed by atoms with Crippen molar-refractivity contribution in [1.29, 1.82) is 0 Å². The molecule has 4 aromatic rings. The fraction of sp³-hybridized carbons (Fsp3) is 0.143. The van der Waals surface area contributed by atoms with Crippen molar-refractivity contribution in [3.8, 4) is 0 Å². The van der Waals surface area contributed by atoms with Gasteiger partial charge >= 0.3 is 0 Å². The Morgan fingerprint density at radius 3 is 1.88 bits per heavy atom. The molecule has 0 amide bonds. The molecule has 0 unspecified atom stereocenters. The molecule has 0 aliphatic carbocycles. The van der Waals surface area contributed by atoms with Crippen LogP contribution >= 0.6 is 11.8 Å². The summed E-state index contributed by atoms with van der Waals surface area (Å²) in [4.78, 5) is 2.42. The number of hydrogen-bond acceptors (Lipinski definition) is 3. The molecule has 0 bridgehead atoms. The molecular formula is C21H20N4S. The minimum atomic E-state index is -0.118. The lowest BCUT2D eigenvalue weighted by Gasteiger charge is -2.24. The largest absolute Gasteiger partial charge is 0.241 e. The van der Waals surface area contributed by atoms with E-state index in [1.807, 2.05) is 40.0 Å². The van der Waals surface area contributed by atoms with Gasteiger partial charge in [-0.1, -0.05) is 48.2 Å². The lowest BCUT2D eigenvalue weighted by molar-refractivity contribution is 0.399. The van der Waals surface area contributed by atoms with Crippen molar-refractivity contribution < 1.29 is 0 Å². The molecule has 130 valence electrons. The fourth-order valence-corrected chi connectivity index (χ4v) is 4.03. The molecular weight excluding hydrogens is 340 g/mol. The summed E-state index contributed by atoms with van der Waals surface area (Å²) < 4.78 is 4.06. The summed E-state index contributed by atoms with van der Waals surface area (Å²) in [5, 5.41) is 9.17. The topological polar surface area (TPSA) is 35.6 Å². The van der Waals surface area contributed by atoms with Crippen molar-refractivity contribution in [3.05, 3.63) is 96.1 Å². The molecule has 0 aliphatic heterocycles. The Morgan fingerprint density at radius 2 is 1.31 bits per heavy atom. The first-order chi connectivity index (χ1) is 12.7. The van der Waals surface area contributed by atoms with Crippen molar-refractivity contribution in [2.24, 2.45) is 0 Å². The summed E-state index contributed by atoms with van der Waals surface area (Å²) in [5.74, 6) is 0. The SMILES string of the molecule is Cc1ccnn1C(c1ccccc1Sc1ccccc1)n1nccc1C. The minimum absolute atomic E-state index is 0.118. The van der Waals surface area contributed by atoms with Crippen LogP contribution in [0.15, 0.2) is 88.9 Å². The van der Waals surface area contributed by atoms with Crippen LogP contribution < -0.4 is 0 Å². The Labute approximate surface area is 157 Å². The monoisotopic (exact) mass is 360 g/mol. The van der Waals surface area contributed by atoms with Crippen LogP contribution in [-0.2, 0) is 0 Å². The Balaban J connectivity index is 1.85. The highest BCUT2D eigenvalue weighted by atomic mass is 32.2. The highest BCUT2D eigenvalue weighted by Crippen LogP contribution is 2.35. The maximum Gasteiger partial charge on any atom is 0.170 e. The molecule has 0 aliphatic rings. The van der Waals surface area contributed by atoms with Gasteiger partial charge in [0.15, 0.2) is 6.17 Å². The predicted molar refractivity (Wildman–Crippen MR) is 104 cm³/mol. The number of hydrogen-bond donors (Lipinski definition) is 0. The van der Waals surface area contributed by atoms with Crippen molar-refractivity contribution >= 4 is 11.8 Å². The third-order valence-corrected chi connectivity index (χ3v) is 5.47. The van der Waals surface area contributed by atoms with E-state index in [0.717, 1.165) is 11.4 Å². The van der Waals surface area contributed by atoms with Gasteiger partial charge in [-0.25, -0.2) is 9.36 Å². The summed E-state index contributed by atoms with van der Waals surface area (Å²) in [6.45, 7) is 4.15. The van der Waals surface area contributed by atoms with Crippen molar-refractivity contribution in [3.63, 3.8) is 0 Å². The van der Waals surface area contributed by atoms with E-state index in [1.54, 1.807) is 11.8 Å². The van der Waals surface area contributed by atoms with Gasteiger partial charge in [-0.2, -0.15) is 10.2 Å². The highest BCUT2D eigenvalue weighted by Gasteiger charge is 2.23. The van der Waals surface area contributed by atoms with Gasteiger partial charge in [0, 0.05) is 39.1 Å². The zero-order valence-electron chi connectivity index (χ0n) is 14.8. The van der Waals surface area contributed by atoms with Gasteiger partial charge in [0.2, 0.25) is 0 Å². The number of nitrogens with zero attached hydrogens (tertiary/aromatic N) is 4. The summed E-state index contributed by atoms with van der Waals surface area (Å²) in [6, 6.07) is 23.0. The molecule has 0 N–H and O–H groups in total. The molecule has 5 heteroatoms. The van der Waals surface area contributed by atoms with E-state index in [4.69, 9.17) is 0 Å². The van der Waals surface area contributed by atoms with E-state index in [-0.39, 0.29) is 6.17 Å². The van der Waals surface area contributed by atoms with E-state index in [9.17, 15) is 0 Å². The number of aryl methyl sites for hydroxylation is 2. The molecule has 0 fully saturated rings. The van der Waals surface area contributed by atoms with Gasteiger partial charge in [-0.3, -0.25) is 0 Å². The van der Waals surface area contributed by atoms with E-state index in [0.29, 0.717) is 0 Å². The van der Waals surface area contributed by atoms with E-state index in [1.165, 1.54) is 15.4 Å². The standard InChI is InChI=1S/C21H20N4S/c1-16-12-14-22-24(16)21(25-17(2)13-15-23-25)19-10-6-7-11-20(19)26-18-8-4-3-5-9-18/h3-15,21H,1-2H3. The van der Waals surface area contributed by atoms with Crippen LogP contribution in [-0.4, -0.2) is 19.6 Å². The maximum absolute atomic E-state index is 4.58. The quantitative estimate of drug-likeness (QED) is 0.505. The van der Waals surface area contributed by atoms with Gasteiger partial charge in [0.05, 0.1) is 0 Å². The summed E-state index contributed by atoms with van der Waals surface area (Å²) in [7, 11) is 0. The molecule has 0 atom stereocenters. The second-order valence-electron chi connectivity index (χ2n) is 6.16. The summed E-state index contributed by atoms with van der Waals surface area (Å²) in [6.07, 6.45) is 3.56. The number of benzene rings is 2. The zero-order valence-corrected chi connectivity index (χ0v) is 15.6. The lowest BCUT2D eigenvalue weighted by atomic mass is 10.1. The van der Waals surface area contributed by atoms with Crippen LogP contribution in [0.4, 0.5) is 0 Å². The van der Waals surface area contributed by atoms with Crippen molar-refractivity contribution in [1.82, 2.24) is 19.6 Å². The molecule has 26 heavy (non-hydrogen) atoms. The summed E-state index contributed by atoms with van der Waals surface area (Å²) in [5.41, 5.74) is 3.38. The predicted octanol–water partition coefficient (Wildman–Crippen LogP) is 4.94. The Morgan fingerprint density at radius 1 is 0.731 bits per heavy atom. The molecule has 0 saturated heterocycles. The van der Waals surface area contributed by atoms with E-state index >= 15 is 0 Å². The molecule has 2 aromatic carbocycles. The highest BCUT2D eigenvalue weighted by molar-refractivity contribution is 7.99. The van der Waals surface area contributed by atoms with Gasteiger partial charge in [0.1, 0.15) is 0 Å². The van der Waals surface area contributed by atoms with Gasteiger partial charge in [-0.15, -0.1) is 0 Å². The van der Waals surface area contributed by atoms with Crippen LogP contribution in [0, 0.1) is 13.8 Å². The van der Waals surface area contributed by atoms with Crippen molar-refractivity contribution in [2.45, 2.75) is 29.8 Å². The molecule has 4 nitrogen and oxygen atoms in total.